The molecule has 1 unspecified atom stereocenters. The van der Waals surface area contributed by atoms with Crippen LogP contribution in [0.3, 0.4) is 0 Å². The Bertz CT molecular complexity index is 531. The van der Waals surface area contributed by atoms with Gasteiger partial charge in [0, 0.05) is 16.9 Å². The smallest absolute Gasteiger partial charge is 0.119 e. The van der Waals surface area contributed by atoms with E-state index in [2.05, 4.69) is 39.2 Å². The summed E-state index contributed by atoms with van der Waals surface area (Å²) in [5.41, 5.74) is 2.28. The second kappa shape index (κ2) is 6.68. The lowest BCUT2D eigenvalue weighted by Crippen LogP contribution is -2.22. The van der Waals surface area contributed by atoms with Crippen LogP contribution >= 0.6 is 15.9 Å². The number of nitrogens with zero attached hydrogens (tertiary/aromatic N) is 1. The summed E-state index contributed by atoms with van der Waals surface area (Å²) in [6, 6.07) is 10.1. The number of pyridine rings is 1. The summed E-state index contributed by atoms with van der Waals surface area (Å²) in [4.78, 5) is 4.20. The third-order valence-electron chi connectivity index (χ3n) is 2.94. The molecule has 1 heterocycles. The number of halogens is 1. The third-order valence-corrected chi connectivity index (χ3v) is 3.66. The van der Waals surface area contributed by atoms with Gasteiger partial charge < -0.3 is 10.1 Å². The van der Waals surface area contributed by atoms with Crippen molar-refractivity contribution in [3.8, 4) is 5.75 Å². The van der Waals surface area contributed by atoms with Crippen molar-refractivity contribution < 1.29 is 4.74 Å². The zero-order valence-electron chi connectivity index (χ0n) is 11.1. The lowest BCUT2D eigenvalue weighted by molar-refractivity contribution is 0.413. The third kappa shape index (κ3) is 3.33. The lowest BCUT2D eigenvalue weighted by atomic mass is 10.00. The van der Waals surface area contributed by atoms with Gasteiger partial charge in [0.1, 0.15) is 5.75 Å². The van der Waals surface area contributed by atoms with E-state index in [0.29, 0.717) is 0 Å². The van der Waals surface area contributed by atoms with Gasteiger partial charge in [-0.15, -0.1) is 0 Å². The van der Waals surface area contributed by atoms with Gasteiger partial charge in [-0.05, 0) is 41.9 Å². The summed E-state index contributed by atoms with van der Waals surface area (Å²) in [5.74, 6) is 0.852. The second-order valence-electron chi connectivity index (χ2n) is 4.16. The Morgan fingerprint density at radius 1 is 1.37 bits per heavy atom. The number of ether oxygens (including phenoxy) is 1. The summed E-state index contributed by atoms with van der Waals surface area (Å²) in [6.07, 6.45) is 3.67. The van der Waals surface area contributed by atoms with E-state index in [1.807, 2.05) is 30.5 Å². The SMILES string of the molecule is CCNC(c1cccnc1)c1cc(OC)ccc1Br. The molecule has 1 N–H and O–H groups in total. The summed E-state index contributed by atoms with van der Waals surface area (Å²) in [5, 5.41) is 3.48. The van der Waals surface area contributed by atoms with Crippen LogP contribution in [0.25, 0.3) is 0 Å². The van der Waals surface area contributed by atoms with Crippen LogP contribution in [0, 0.1) is 0 Å². The maximum absolute atomic E-state index is 5.31. The zero-order chi connectivity index (χ0) is 13.7. The van der Waals surface area contributed by atoms with Crippen LogP contribution in [0.4, 0.5) is 0 Å². The van der Waals surface area contributed by atoms with Gasteiger partial charge >= 0.3 is 0 Å². The van der Waals surface area contributed by atoms with Gasteiger partial charge in [0.05, 0.1) is 13.2 Å². The van der Waals surface area contributed by atoms with E-state index >= 15 is 0 Å². The first-order valence-corrected chi connectivity index (χ1v) is 7.02. The van der Waals surface area contributed by atoms with E-state index < -0.39 is 0 Å². The molecule has 0 aliphatic carbocycles. The number of hydrogen-bond acceptors (Lipinski definition) is 3. The van der Waals surface area contributed by atoms with Crippen LogP contribution in [0.2, 0.25) is 0 Å². The quantitative estimate of drug-likeness (QED) is 0.914. The summed E-state index contributed by atoms with van der Waals surface area (Å²) >= 11 is 3.61. The topological polar surface area (TPSA) is 34.2 Å². The molecule has 0 radical (unpaired) electrons. The molecule has 0 saturated carbocycles. The van der Waals surface area contributed by atoms with Gasteiger partial charge in [0.2, 0.25) is 0 Å². The molecule has 1 atom stereocenters. The highest BCUT2D eigenvalue weighted by atomic mass is 79.9. The van der Waals surface area contributed by atoms with Gasteiger partial charge in [-0.1, -0.05) is 28.9 Å². The van der Waals surface area contributed by atoms with Crippen LogP contribution in [0.15, 0.2) is 47.2 Å². The first-order chi connectivity index (χ1) is 9.26. The second-order valence-corrected chi connectivity index (χ2v) is 5.02. The molecule has 2 rings (SSSR count). The van der Waals surface area contributed by atoms with E-state index in [0.717, 1.165) is 27.9 Å². The minimum atomic E-state index is 0.100. The van der Waals surface area contributed by atoms with Crippen molar-refractivity contribution in [2.45, 2.75) is 13.0 Å². The minimum Gasteiger partial charge on any atom is -0.497 e. The molecular weight excluding hydrogens is 304 g/mol. The number of rotatable bonds is 5. The average molecular weight is 321 g/mol. The highest BCUT2D eigenvalue weighted by Gasteiger charge is 2.16. The maximum Gasteiger partial charge on any atom is 0.119 e. The monoisotopic (exact) mass is 320 g/mol. The predicted molar refractivity (Wildman–Crippen MR) is 80.5 cm³/mol. The Morgan fingerprint density at radius 2 is 2.21 bits per heavy atom. The molecule has 4 heteroatoms. The predicted octanol–water partition coefficient (Wildman–Crippen LogP) is 3.55. The van der Waals surface area contributed by atoms with E-state index in [-0.39, 0.29) is 6.04 Å². The molecule has 3 nitrogen and oxygen atoms in total. The van der Waals surface area contributed by atoms with Crippen LogP contribution < -0.4 is 10.1 Å². The molecule has 1 aromatic heterocycles. The van der Waals surface area contributed by atoms with Gasteiger partial charge in [0.15, 0.2) is 0 Å². The number of aromatic nitrogens is 1. The first kappa shape index (κ1) is 14.0. The van der Waals surface area contributed by atoms with Crippen molar-refractivity contribution in [2.75, 3.05) is 13.7 Å². The largest absolute Gasteiger partial charge is 0.497 e. The fraction of sp³-hybridized carbons (Fsp3) is 0.267. The average Bonchev–Trinajstić information content (AvgIpc) is 2.47. The van der Waals surface area contributed by atoms with Crippen molar-refractivity contribution in [1.82, 2.24) is 10.3 Å². The zero-order valence-corrected chi connectivity index (χ0v) is 12.6. The van der Waals surface area contributed by atoms with E-state index in [4.69, 9.17) is 4.74 Å². The van der Waals surface area contributed by atoms with Crippen LogP contribution in [0.5, 0.6) is 5.75 Å². The normalized spacial score (nSPS) is 12.2. The van der Waals surface area contributed by atoms with Gasteiger partial charge in [-0.2, -0.15) is 0 Å². The molecule has 2 aromatic rings. The molecule has 0 fully saturated rings. The maximum atomic E-state index is 5.31. The minimum absolute atomic E-state index is 0.100. The van der Waals surface area contributed by atoms with Crippen molar-refractivity contribution in [2.24, 2.45) is 0 Å². The number of benzene rings is 1. The van der Waals surface area contributed by atoms with Gasteiger partial charge in [-0.25, -0.2) is 0 Å². The Kier molecular flexibility index (Phi) is 4.93. The number of methoxy groups -OCH3 is 1. The van der Waals surface area contributed by atoms with Crippen molar-refractivity contribution in [1.29, 1.82) is 0 Å². The van der Waals surface area contributed by atoms with Gasteiger partial charge in [0.25, 0.3) is 0 Å². The number of nitrogens with one attached hydrogen (secondary N) is 1. The van der Waals surface area contributed by atoms with Crippen molar-refractivity contribution >= 4 is 15.9 Å². The van der Waals surface area contributed by atoms with Crippen molar-refractivity contribution in [3.05, 3.63) is 58.3 Å². The fourth-order valence-electron chi connectivity index (χ4n) is 2.03. The standard InChI is InChI=1S/C15H17BrN2O/c1-3-18-15(11-5-4-8-17-10-11)13-9-12(19-2)6-7-14(13)16/h4-10,15,18H,3H2,1-2H3. The molecule has 0 aliphatic heterocycles. The summed E-state index contributed by atoms with van der Waals surface area (Å²) < 4.78 is 6.37. The van der Waals surface area contributed by atoms with E-state index in [1.165, 1.54) is 0 Å². The molecule has 0 amide bonds. The Balaban J connectivity index is 2.44. The molecule has 0 bridgehead atoms. The molecule has 0 saturated heterocycles. The molecule has 100 valence electrons. The summed E-state index contributed by atoms with van der Waals surface area (Å²) in [7, 11) is 1.68. The molecule has 0 spiro atoms. The lowest BCUT2D eigenvalue weighted by Gasteiger charge is -2.20. The van der Waals surface area contributed by atoms with Gasteiger partial charge in [-0.3, -0.25) is 4.98 Å². The summed E-state index contributed by atoms with van der Waals surface area (Å²) in [6.45, 7) is 2.97. The Morgan fingerprint density at radius 3 is 2.84 bits per heavy atom. The van der Waals surface area contributed by atoms with Crippen LogP contribution in [0.1, 0.15) is 24.1 Å². The van der Waals surface area contributed by atoms with Crippen LogP contribution in [-0.2, 0) is 0 Å². The fourth-order valence-corrected chi connectivity index (χ4v) is 2.50. The highest BCUT2D eigenvalue weighted by molar-refractivity contribution is 9.10. The molecule has 19 heavy (non-hydrogen) atoms. The molecular formula is C15H17BrN2O. The van der Waals surface area contributed by atoms with E-state index in [9.17, 15) is 0 Å². The van der Waals surface area contributed by atoms with Crippen molar-refractivity contribution in [3.63, 3.8) is 0 Å². The van der Waals surface area contributed by atoms with Crippen LogP contribution in [-0.4, -0.2) is 18.6 Å². The number of hydrogen-bond donors (Lipinski definition) is 1. The first-order valence-electron chi connectivity index (χ1n) is 6.23. The Labute approximate surface area is 122 Å². The Hall–Kier alpha value is -1.39. The molecule has 1 aromatic carbocycles. The molecule has 0 aliphatic rings. The highest BCUT2D eigenvalue weighted by Crippen LogP contribution is 2.31. The van der Waals surface area contributed by atoms with E-state index in [1.54, 1.807) is 13.3 Å².